The summed E-state index contributed by atoms with van der Waals surface area (Å²) < 4.78 is 0. The number of fused-ring (bicyclic) bond motifs is 1. The van der Waals surface area contributed by atoms with Crippen LogP contribution in [-0.2, 0) is 4.79 Å². The SMILES string of the molecule is Cc1[nH]c2ccccc2c1/C=C(\C#N)C(=O)N1CCN(c2ccccc2)CC1. The Bertz CT molecular complexity index is 1070. The molecule has 0 radical (unpaired) electrons. The van der Waals surface area contributed by atoms with Crippen LogP contribution in [0, 0.1) is 18.3 Å². The van der Waals surface area contributed by atoms with E-state index in [1.165, 1.54) is 5.69 Å². The molecule has 3 aromatic rings. The molecule has 1 amide bonds. The number of aromatic amines is 1. The summed E-state index contributed by atoms with van der Waals surface area (Å²) >= 11 is 0. The Labute approximate surface area is 164 Å². The first-order valence-corrected chi connectivity index (χ1v) is 9.46. The summed E-state index contributed by atoms with van der Waals surface area (Å²) in [4.78, 5) is 20.3. The summed E-state index contributed by atoms with van der Waals surface area (Å²) in [5.74, 6) is -0.195. The van der Waals surface area contributed by atoms with Crippen molar-refractivity contribution in [3.05, 3.63) is 71.4 Å². The Balaban J connectivity index is 1.53. The predicted molar refractivity (Wildman–Crippen MR) is 112 cm³/mol. The van der Waals surface area contributed by atoms with Gasteiger partial charge in [-0.25, -0.2) is 0 Å². The maximum absolute atomic E-state index is 13.0. The van der Waals surface area contributed by atoms with Gasteiger partial charge in [0.2, 0.25) is 0 Å². The lowest BCUT2D eigenvalue weighted by molar-refractivity contribution is -0.126. The van der Waals surface area contributed by atoms with Gasteiger partial charge in [0.1, 0.15) is 11.6 Å². The number of hydrogen-bond donors (Lipinski definition) is 1. The third-order valence-corrected chi connectivity index (χ3v) is 5.27. The number of piperazine rings is 1. The van der Waals surface area contributed by atoms with Crippen molar-refractivity contribution in [1.82, 2.24) is 9.88 Å². The molecule has 0 atom stereocenters. The van der Waals surface area contributed by atoms with Crippen molar-refractivity contribution >= 4 is 28.6 Å². The largest absolute Gasteiger partial charge is 0.368 e. The molecular weight excluding hydrogens is 348 g/mol. The fraction of sp³-hybridized carbons (Fsp3) is 0.217. The lowest BCUT2D eigenvalue weighted by atomic mass is 10.1. The lowest BCUT2D eigenvalue weighted by Crippen LogP contribution is -2.49. The summed E-state index contributed by atoms with van der Waals surface area (Å²) in [5.41, 5.74) is 4.22. The minimum absolute atomic E-state index is 0.181. The van der Waals surface area contributed by atoms with Gasteiger partial charge < -0.3 is 14.8 Å². The molecule has 0 bridgehead atoms. The summed E-state index contributed by atoms with van der Waals surface area (Å²) in [6, 6.07) is 20.2. The monoisotopic (exact) mass is 370 g/mol. The van der Waals surface area contributed by atoms with E-state index in [1.807, 2.05) is 49.4 Å². The van der Waals surface area contributed by atoms with E-state index in [9.17, 15) is 10.1 Å². The fourth-order valence-electron chi connectivity index (χ4n) is 3.75. The van der Waals surface area contributed by atoms with Crippen LogP contribution in [0.25, 0.3) is 17.0 Å². The molecule has 0 spiro atoms. The van der Waals surface area contributed by atoms with Crippen LogP contribution in [0.4, 0.5) is 5.69 Å². The van der Waals surface area contributed by atoms with Gasteiger partial charge in [0.15, 0.2) is 0 Å². The number of H-pyrrole nitrogens is 1. The summed E-state index contributed by atoms with van der Waals surface area (Å²) in [5, 5.41) is 10.7. The molecule has 5 nitrogen and oxygen atoms in total. The van der Waals surface area contributed by atoms with E-state index in [2.05, 4.69) is 28.1 Å². The molecule has 1 aliphatic heterocycles. The van der Waals surface area contributed by atoms with Crippen molar-refractivity contribution in [2.24, 2.45) is 0 Å². The highest BCUT2D eigenvalue weighted by Crippen LogP contribution is 2.25. The Morgan fingerprint density at radius 3 is 2.43 bits per heavy atom. The first-order chi connectivity index (χ1) is 13.7. The van der Waals surface area contributed by atoms with Crippen LogP contribution in [0.3, 0.4) is 0 Å². The van der Waals surface area contributed by atoms with Gasteiger partial charge >= 0.3 is 0 Å². The van der Waals surface area contributed by atoms with E-state index in [0.29, 0.717) is 13.1 Å². The highest BCUT2D eigenvalue weighted by atomic mass is 16.2. The molecule has 140 valence electrons. The first-order valence-electron chi connectivity index (χ1n) is 9.46. The zero-order valence-electron chi connectivity index (χ0n) is 15.9. The Hall–Kier alpha value is -3.52. The molecule has 0 saturated carbocycles. The first kappa shape index (κ1) is 17.9. The topological polar surface area (TPSA) is 63.1 Å². The third-order valence-electron chi connectivity index (χ3n) is 5.27. The van der Waals surface area contributed by atoms with Crippen molar-refractivity contribution in [3.8, 4) is 6.07 Å². The standard InChI is InChI=1S/C23H22N4O/c1-17-21(20-9-5-6-10-22(20)25-17)15-18(16-24)23(28)27-13-11-26(12-14-27)19-7-3-2-4-8-19/h2-10,15,25H,11-14H2,1H3/b18-15+. The molecule has 2 aromatic carbocycles. The van der Waals surface area contributed by atoms with E-state index < -0.39 is 0 Å². The van der Waals surface area contributed by atoms with E-state index in [0.717, 1.165) is 35.2 Å². The maximum Gasteiger partial charge on any atom is 0.264 e. The Morgan fingerprint density at radius 2 is 1.71 bits per heavy atom. The van der Waals surface area contributed by atoms with Gasteiger partial charge in [-0.3, -0.25) is 4.79 Å². The van der Waals surface area contributed by atoms with Gasteiger partial charge in [-0.2, -0.15) is 5.26 Å². The quantitative estimate of drug-likeness (QED) is 0.564. The van der Waals surface area contributed by atoms with Crippen LogP contribution in [0.5, 0.6) is 0 Å². The second-order valence-electron chi connectivity index (χ2n) is 6.99. The van der Waals surface area contributed by atoms with E-state index >= 15 is 0 Å². The molecule has 28 heavy (non-hydrogen) atoms. The average molecular weight is 370 g/mol. The molecule has 0 aliphatic carbocycles. The highest BCUT2D eigenvalue weighted by Gasteiger charge is 2.24. The second-order valence-corrected chi connectivity index (χ2v) is 6.99. The number of aryl methyl sites for hydroxylation is 1. The minimum Gasteiger partial charge on any atom is -0.368 e. The molecule has 5 heteroatoms. The van der Waals surface area contributed by atoms with Gasteiger partial charge in [-0.05, 0) is 31.2 Å². The van der Waals surface area contributed by atoms with E-state index in [4.69, 9.17) is 0 Å². The van der Waals surface area contributed by atoms with Crippen molar-refractivity contribution < 1.29 is 4.79 Å². The fourth-order valence-corrected chi connectivity index (χ4v) is 3.75. The number of para-hydroxylation sites is 2. The average Bonchev–Trinajstić information content (AvgIpc) is 3.07. The summed E-state index contributed by atoms with van der Waals surface area (Å²) in [7, 11) is 0. The van der Waals surface area contributed by atoms with Crippen LogP contribution < -0.4 is 4.90 Å². The van der Waals surface area contributed by atoms with Crippen LogP contribution in [0.15, 0.2) is 60.2 Å². The number of benzene rings is 2. The summed E-state index contributed by atoms with van der Waals surface area (Å²) in [6.45, 7) is 4.71. The highest BCUT2D eigenvalue weighted by molar-refractivity contribution is 6.04. The molecule has 1 saturated heterocycles. The minimum atomic E-state index is -0.195. The molecule has 2 heterocycles. The molecule has 0 unspecified atom stereocenters. The van der Waals surface area contributed by atoms with Crippen LogP contribution in [-0.4, -0.2) is 42.0 Å². The number of hydrogen-bond acceptors (Lipinski definition) is 3. The molecule has 1 N–H and O–H groups in total. The van der Waals surface area contributed by atoms with Crippen molar-refractivity contribution in [2.75, 3.05) is 31.1 Å². The molecule has 1 fully saturated rings. The number of aromatic nitrogens is 1. The third kappa shape index (κ3) is 3.37. The zero-order valence-corrected chi connectivity index (χ0v) is 15.9. The van der Waals surface area contributed by atoms with E-state index in [-0.39, 0.29) is 11.5 Å². The number of nitrogens with zero attached hydrogens (tertiary/aromatic N) is 3. The molecule has 4 rings (SSSR count). The normalized spacial score (nSPS) is 14.9. The van der Waals surface area contributed by atoms with Gasteiger partial charge in [0.25, 0.3) is 5.91 Å². The van der Waals surface area contributed by atoms with Gasteiger partial charge in [-0.15, -0.1) is 0 Å². The Morgan fingerprint density at radius 1 is 1.04 bits per heavy atom. The molecular formula is C23H22N4O. The van der Waals surface area contributed by atoms with Crippen LogP contribution in [0.2, 0.25) is 0 Å². The van der Waals surface area contributed by atoms with Gasteiger partial charge in [0.05, 0.1) is 0 Å². The number of anilines is 1. The van der Waals surface area contributed by atoms with Crippen molar-refractivity contribution in [3.63, 3.8) is 0 Å². The second kappa shape index (κ2) is 7.61. The number of amides is 1. The van der Waals surface area contributed by atoms with Crippen molar-refractivity contribution in [2.45, 2.75) is 6.92 Å². The molecule has 1 aromatic heterocycles. The number of nitrogens with one attached hydrogen (secondary N) is 1. The number of nitriles is 1. The number of carbonyl (C=O) groups excluding carboxylic acids is 1. The van der Waals surface area contributed by atoms with Gasteiger partial charge in [-0.1, -0.05) is 36.4 Å². The van der Waals surface area contributed by atoms with Crippen LogP contribution in [0.1, 0.15) is 11.3 Å². The van der Waals surface area contributed by atoms with E-state index in [1.54, 1.807) is 11.0 Å². The lowest BCUT2D eigenvalue weighted by Gasteiger charge is -2.36. The van der Waals surface area contributed by atoms with Crippen molar-refractivity contribution in [1.29, 1.82) is 5.26 Å². The maximum atomic E-state index is 13.0. The van der Waals surface area contributed by atoms with Crippen LogP contribution >= 0.6 is 0 Å². The Kier molecular flexibility index (Phi) is 4.86. The number of carbonyl (C=O) groups is 1. The smallest absolute Gasteiger partial charge is 0.264 e. The number of rotatable bonds is 3. The summed E-state index contributed by atoms with van der Waals surface area (Å²) in [6.07, 6.45) is 1.72. The van der Waals surface area contributed by atoms with Gasteiger partial charge in [0, 0.05) is 54.0 Å². The molecule has 1 aliphatic rings. The predicted octanol–water partition coefficient (Wildman–Crippen LogP) is 3.73. The zero-order chi connectivity index (χ0) is 19.5.